The van der Waals surface area contributed by atoms with Crippen LogP contribution in [0.25, 0.3) is 5.69 Å². The average Bonchev–Trinajstić information content (AvgIpc) is 3.03. The number of nitrogens with zero attached hydrogens (tertiary/aromatic N) is 4. The first-order valence-electron chi connectivity index (χ1n) is 10.1. The summed E-state index contributed by atoms with van der Waals surface area (Å²) < 4.78 is 30.7. The lowest BCUT2D eigenvalue weighted by atomic mass is 9.98. The maximum absolute atomic E-state index is 13.1. The van der Waals surface area contributed by atoms with E-state index >= 15 is 0 Å². The molecule has 3 aromatic rings. The summed E-state index contributed by atoms with van der Waals surface area (Å²) in [6, 6.07) is 17.0. The SMILES string of the molecule is Cc1cccc(CS(=O)(=O)N2CCCC(c3nn(C)c(=O)n3-c3ccccc3)C2)c1. The quantitative estimate of drug-likeness (QED) is 0.628. The van der Waals surface area contributed by atoms with Crippen molar-refractivity contribution in [1.82, 2.24) is 18.7 Å². The molecule has 1 unspecified atom stereocenters. The Labute approximate surface area is 176 Å². The summed E-state index contributed by atoms with van der Waals surface area (Å²) in [5.41, 5.74) is 2.34. The van der Waals surface area contributed by atoms with Crippen LogP contribution < -0.4 is 5.69 Å². The first kappa shape index (κ1) is 20.6. The van der Waals surface area contributed by atoms with Gasteiger partial charge in [-0.2, -0.15) is 5.10 Å². The normalized spacial score (nSPS) is 17.9. The van der Waals surface area contributed by atoms with Crippen molar-refractivity contribution < 1.29 is 8.42 Å². The Hall–Kier alpha value is -2.71. The van der Waals surface area contributed by atoms with Crippen LogP contribution in [0.3, 0.4) is 0 Å². The van der Waals surface area contributed by atoms with Crippen molar-refractivity contribution >= 4 is 10.0 Å². The van der Waals surface area contributed by atoms with E-state index in [9.17, 15) is 13.2 Å². The minimum absolute atomic E-state index is 0.0187. The van der Waals surface area contributed by atoms with Crippen LogP contribution in [-0.2, 0) is 22.8 Å². The van der Waals surface area contributed by atoms with E-state index in [1.807, 2.05) is 61.5 Å². The van der Waals surface area contributed by atoms with Gasteiger partial charge in [-0.3, -0.25) is 0 Å². The lowest BCUT2D eigenvalue weighted by Gasteiger charge is -2.31. The van der Waals surface area contributed by atoms with Gasteiger partial charge in [0.05, 0.1) is 11.4 Å². The van der Waals surface area contributed by atoms with E-state index in [1.54, 1.807) is 15.9 Å². The molecule has 1 aliphatic heterocycles. The molecule has 1 atom stereocenters. The highest BCUT2D eigenvalue weighted by atomic mass is 32.2. The molecule has 0 spiro atoms. The number of benzene rings is 2. The highest BCUT2D eigenvalue weighted by Gasteiger charge is 2.33. The minimum atomic E-state index is -3.46. The maximum Gasteiger partial charge on any atom is 0.350 e. The van der Waals surface area contributed by atoms with Gasteiger partial charge in [-0.25, -0.2) is 26.8 Å². The van der Waals surface area contributed by atoms with Gasteiger partial charge in [0.25, 0.3) is 0 Å². The van der Waals surface area contributed by atoms with Crippen LogP contribution in [-0.4, -0.2) is 40.2 Å². The first-order chi connectivity index (χ1) is 14.3. The first-order valence-corrected chi connectivity index (χ1v) is 11.7. The van der Waals surface area contributed by atoms with Crippen LogP contribution in [0.5, 0.6) is 0 Å². The Morgan fingerprint density at radius 1 is 1.10 bits per heavy atom. The minimum Gasteiger partial charge on any atom is -0.247 e. The summed E-state index contributed by atoms with van der Waals surface area (Å²) in [4.78, 5) is 12.7. The summed E-state index contributed by atoms with van der Waals surface area (Å²) in [6.45, 7) is 2.78. The molecular formula is C22H26N4O3S. The topological polar surface area (TPSA) is 77.2 Å². The van der Waals surface area contributed by atoms with Crippen LogP contribution in [0.2, 0.25) is 0 Å². The highest BCUT2D eigenvalue weighted by molar-refractivity contribution is 7.88. The average molecular weight is 427 g/mol. The lowest BCUT2D eigenvalue weighted by molar-refractivity contribution is 0.306. The predicted molar refractivity (Wildman–Crippen MR) is 116 cm³/mol. The second kappa shape index (κ2) is 8.20. The summed E-state index contributed by atoms with van der Waals surface area (Å²) in [6.07, 6.45) is 1.52. The zero-order valence-electron chi connectivity index (χ0n) is 17.2. The Bertz CT molecular complexity index is 1200. The van der Waals surface area contributed by atoms with Crippen molar-refractivity contribution in [3.8, 4) is 5.69 Å². The molecule has 2 aromatic carbocycles. The molecule has 0 amide bonds. The van der Waals surface area contributed by atoms with E-state index < -0.39 is 10.0 Å². The van der Waals surface area contributed by atoms with Crippen molar-refractivity contribution in [3.05, 3.63) is 82.0 Å². The molecule has 2 heterocycles. The van der Waals surface area contributed by atoms with E-state index in [2.05, 4.69) is 5.10 Å². The molecule has 7 nitrogen and oxygen atoms in total. The molecule has 0 N–H and O–H groups in total. The maximum atomic E-state index is 13.1. The second-order valence-electron chi connectivity index (χ2n) is 7.88. The molecular weight excluding hydrogens is 400 g/mol. The van der Waals surface area contributed by atoms with E-state index in [4.69, 9.17) is 0 Å². The van der Waals surface area contributed by atoms with Crippen molar-refractivity contribution in [1.29, 1.82) is 0 Å². The van der Waals surface area contributed by atoms with Gasteiger partial charge in [-0.15, -0.1) is 0 Å². The Balaban J connectivity index is 1.62. The Kier molecular flexibility index (Phi) is 5.62. The molecule has 0 aliphatic carbocycles. The molecule has 1 fully saturated rings. The number of rotatable bonds is 5. The van der Waals surface area contributed by atoms with Crippen LogP contribution >= 0.6 is 0 Å². The molecule has 4 rings (SSSR count). The van der Waals surface area contributed by atoms with E-state index in [0.717, 1.165) is 29.7 Å². The van der Waals surface area contributed by atoms with E-state index in [1.165, 1.54) is 4.68 Å². The number of hydrogen-bond acceptors (Lipinski definition) is 4. The van der Waals surface area contributed by atoms with Gasteiger partial charge in [-0.1, -0.05) is 48.0 Å². The fourth-order valence-corrected chi connectivity index (χ4v) is 5.68. The third-order valence-corrected chi connectivity index (χ3v) is 7.35. The molecule has 1 aliphatic rings. The zero-order valence-corrected chi connectivity index (χ0v) is 18.0. The number of sulfonamides is 1. The Morgan fingerprint density at radius 2 is 1.87 bits per heavy atom. The van der Waals surface area contributed by atoms with Crippen molar-refractivity contribution in [2.24, 2.45) is 7.05 Å². The number of aryl methyl sites for hydroxylation is 2. The zero-order chi connectivity index (χ0) is 21.3. The summed E-state index contributed by atoms with van der Waals surface area (Å²) in [5, 5.41) is 4.47. The number of aromatic nitrogens is 3. The fraction of sp³-hybridized carbons (Fsp3) is 0.364. The molecule has 0 bridgehead atoms. The number of hydrogen-bond donors (Lipinski definition) is 0. The van der Waals surface area contributed by atoms with Crippen LogP contribution in [0, 0.1) is 6.92 Å². The smallest absolute Gasteiger partial charge is 0.247 e. The van der Waals surface area contributed by atoms with Crippen molar-refractivity contribution in [2.45, 2.75) is 31.4 Å². The van der Waals surface area contributed by atoms with E-state index in [-0.39, 0.29) is 17.4 Å². The summed E-state index contributed by atoms with van der Waals surface area (Å²) in [5.74, 6) is 0.457. The molecule has 0 radical (unpaired) electrons. The molecule has 158 valence electrons. The van der Waals surface area contributed by atoms with Gasteiger partial charge in [0.2, 0.25) is 10.0 Å². The molecule has 0 saturated carbocycles. The van der Waals surface area contributed by atoms with Crippen LogP contribution in [0.15, 0.2) is 59.4 Å². The van der Waals surface area contributed by atoms with Gasteiger partial charge in [0.1, 0.15) is 5.82 Å². The second-order valence-corrected chi connectivity index (χ2v) is 9.85. The van der Waals surface area contributed by atoms with Crippen LogP contribution in [0.4, 0.5) is 0 Å². The van der Waals surface area contributed by atoms with Crippen molar-refractivity contribution in [2.75, 3.05) is 13.1 Å². The molecule has 1 saturated heterocycles. The fourth-order valence-electron chi connectivity index (χ4n) is 4.08. The molecule has 8 heteroatoms. The third kappa shape index (κ3) is 4.11. The molecule has 1 aromatic heterocycles. The van der Waals surface area contributed by atoms with Gasteiger partial charge in [-0.05, 0) is 37.5 Å². The third-order valence-electron chi connectivity index (χ3n) is 5.54. The van der Waals surface area contributed by atoms with Gasteiger partial charge < -0.3 is 0 Å². The summed E-state index contributed by atoms with van der Waals surface area (Å²) >= 11 is 0. The van der Waals surface area contributed by atoms with Gasteiger partial charge >= 0.3 is 5.69 Å². The lowest BCUT2D eigenvalue weighted by Crippen LogP contribution is -2.40. The Morgan fingerprint density at radius 3 is 2.60 bits per heavy atom. The van der Waals surface area contributed by atoms with Gasteiger partial charge in [0, 0.05) is 26.1 Å². The molecule has 30 heavy (non-hydrogen) atoms. The van der Waals surface area contributed by atoms with Gasteiger partial charge in [0.15, 0.2) is 0 Å². The van der Waals surface area contributed by atoms with Crippen LogP contribution in [0.1, 0.15) is 35.7 Å². The monoisotopic (exact) mass is 426 g/mol. The summed E-state index contributed by atoms with van der Waals surface area (Å²) in [7, 11) is -1.84. The number of para-hydroxylation sites is 1. The van der Waals surface area contributed by atoms with E-state index in [0.29, 0.717) is 18.9 Å². The number of piperidine rings is 1. The predicted octanol–water partition coefficient (Wildman–Crippen LogP) is 2.59. The largest absolute Gasteiger partial charge is 0.350 e. The standard InChI is InChI=1S/C22H26N4O3S/c1-17-8-6-9-18(14-17)16-30(28,29)25-13-7-10-19(15-25)21-23-24(2)22(27)26(21)20-11-4-3-5-12-20/h3-6,8-9,11-12,14,19H,7,10,13,15-16H2,1-2H3. The van der Waals surface area contributed by atoms with Crippen molar-refractivity contribution in [3.63, 3.8) is 0 Å². The highest BCUT2D eigenvalue weighted by Crippen LogP contribution is 2.29.